The average Bonchev–Trinajstić information content (AvgIpc) is 2.97. The first-order valence-electron chi connectivity index (χ1n) is 6.08. The second-order valence-corrected chi connectivity index (χ2v) is 5.20. The van der Waals surface area contributed by atoms with E-state index < -0.39 is 0 Å². The first-order valence-corrected chi connectivity index (χ1v) is 6.08. The minimum atomic E-state index is -0.277. The van der Waals surface area contributed by atoms with E-state index in [4.69, 9.17) is 5.73 Å². The molecule has 1 saturated carbocycles. The van der Waals surface area contributed by atoms with Gasteiger partial charge in [0.05, 0.1) is 6.10 Å². The highest BCUT2D eigenvalue weighted by Gasteiger charge is 2.47. The van der Waals surface area contributed by atoms with Crippen molar-refractivity contribution in [1.82, 2.24) is 0 Å². The fourth-order valence-corrected chi connectivity index (χ4v) is 2.49. The molecule has 3 N–H and O–H groups in total. The third-order valence-electron chi connectivity index (χ3n) is 3.69. The third kappa shape index (κ3) is 2.13. The van der Waals surface area contributed by atoms with Crippen molar-refractivity contribution < 1.29 is 5.11 Å². The molecule has 2 unspecified atom stereocenters. The lowest BCUT2D eigenvalue weighted by Gasteiger charge is -2.21. The molecule has 2 atom stereocenters. The van der Waals surface area contributed by atoms with Crippen LogP contribution in [0.25, 0.3) is 0 Å². The Morgan fingerprint density at radius 1 is 1.38 bits per heavy atom. The summed E-state index contributed by atoms with van der Waals surface area (Å²) < 4.78 is 0. The summed E-state index contributed by atoms with van der Waals surface area (Å²) in [7, 11) is 0. The number of benzene rings is 1. The fourth-order valence-electron chi connectivity index (χ4n) is 2.49. The molecular weight excluding hydrogens is 198 g/mol. The van der Waals surface area contributed by atoms with Gasteiger partial charge >= 0.3 is 0 Å². The van der Waals surface area contributed by atoms with E-state index in [1.165, 1.54) is 24.0 Å². The second-order valence-electron chi connectivity index (χ2n) is 5.20. The Kier molecular flexibility index (Phi) is 3.04. The van der Waals surface area contributed by atoms with Crippen LogP contribution >= 0.6 is 0 Å². The largest absolute Gasteiger partial charge is 0.393 e. The quantitative estimate of drug-likeness (QED) is 0.813. The number of nitrogens with two attached hydrogens (primary N) is 1. The molecule has 0 aromatic heterocycles. The van der Waals surface area contributed by atoms with Crippen LogP contribution < -0.4 is 5.73 Å². The first-order chi connectivity index (χ1) is 7.54. The van der Waals surface area contributed by atoms with Crippen LogP contribution in [0.15, 0.2) is 24.3 Å². The number of hydrogen-bond donors (Lipinski definition) is 2. The predicted octanol–water partition coefficient (Wildman–Crippen LogP) is 1.99. The Bertz CT molecular complexity index is 367. The van der Waals surface area contributed by atoms with Crippen LogP contribution in [0, 0.1) is 0 Å². The van der Waals surface area contributed by atoms with Crippen molar-refractivity contribution in [2.45, 2.75) is 50.7 Å². The van der Waals surface area contributed by atoms with E-state index in [1.54, 1.807) is 0 Å². The lowest BCUT2D eigenvalue weighted by atomic mass is 9.88. The topological polar surface area (TPSA) is 46.2 Å². The molecule has 0 radical (unpaired) electrons. The second kappa shape index (κ2) is 4.19. The SMILES string of the molecule is CC(O)Cc1cccc(C2(C(C)N)CC2)c1. The molecule has 0 heterocycles. The van der Waals surface area contributed by atoms with E-state index in [-0.39, 0.29) is 17.6 Å². The van der Waals surface area contributed by atoms with Gasteiger partial charge in [0.1, 0.15) is 0 Å². The summed E-state index contributed by atoms with van der Waals surface area (Å²) in [5.41, 5.74) is 8.84. The Labute approximate surface area is 97.5 Å². The summed E-state index contributed by atoms with van der Waals surface area (Å²) in [5.74, 6) is 0. The van der Waals surface area contributed by atoms with Gasteiger partial charge in [-0.25, -0.2) is 0 Å². The normalized spacial score (nSPS) is 21.5. The van der Waals surface area contributed by atoms with E-state index >= 15 is 0 Å². The van der Waals surface area contributed by atoms with Gasteiger partial charge in [-0.15, -0.1) is 0 Å². The van der Waals surface area contributed by atoms with Crippen LogP contribution in [0.1, 0.15) is 37.8 Å². The molecule has 1 aliphatic rings. The van der Waals surface area contributed by atoms with Gasteiger partial charge in [0.25, 0.3) is 0 Å². The molecule has 0 amide bonds. The highest BCUT2D eigenvalue weighted by Crippen LogP contribution is 2.50. The number of aliphatic hydroxyl groups is 1. The fraction of sp³-hybridized carbons (Fsp3) is 0.571. The minimum absolute atomic E-state index is 0.217. The third-order valence-corrected chi connectivity index (χ3v) is 3.69. The van der Waals surface area contributed by atoms with Gasteiger partial charge < -0.3 is 10.8 Å². The molecule has 88 valence electrons. The van der Waals surface area contributed by atoms with Crippen LogP contribution in [0.5, 0.6) is 0 Å². The Morgan fingerprint density at radius 2 is 2.06 bits per heavy atom. The van der Waals surface area contributed by atoms with Gasteiger partial charge in [-0.05, 0) is 44.2 Å². The van der Waals surface area contributed by atoms with Crippen molar-refractivity contribution in [3.8, 4) is 0 Å². The van der Waals surface area contributed by atoms with Crippen molar-refractivity contribution in [3.05, 3.63) is 35.4 Å². The molecule has 1 aromatic rings. The van der Waals surface area contributed by atoms with Crippen LogP contribution in [0.3, 0.4) is 0 Å². The molecular formula is C14H21NO. The zero-order valence-electron chi connectivity index (χ0n) is 10.1. The smallest absolute Gasteiger partial charge is 0.0552 e. The highest BCUT2D eigenvalue weighted by molar-refractivity contribution is 5.36. The molecule has 0 aliphatic heterocycles. The summed E-state index contributed by atoms with van der Waals surface area (Å²) in [6.45, 7) is 3.92. The lowest BCUT2D eigenvalue weighted by molar-refractivity contribution is 0.195. The first kappa shape index (κ1) is 11.6. The molecule has 2 nitrogen and oxygen atoms in total. The summed E-state index contributed by atoms with van der Waals surface area (Å²) in [6.07, 6.45) is 2.84. The molecule has 16 heavy (non-hydrogen) atoms. The Hall–Kier alpha value is -0.860. The van der Waals surface area contributed by atoms with E-state index in [0.717, 1.165) is 6.42 Å². The highest BCUT2D eigenvalue weighted by atomic mass is 16.3. The summed E-state index contributed by atoms with van der Waals surface area (Å²) >= 11 is 0. The lowest BCUT2D eigenvalue weighted by Crippen LogP contribution is -2.31. The molecule has 0 spiro atoms. The number of aliphatic hydroxyl groups excluding tert-OH is 1. The van der Waals surface area contributed by atoms with Gasteiger partial charge in [0.15, 0.2) is 0 Å². The average molecular weight is 219 g/mol. The maximum absolute atomic E-state index is 9.40. The number of rotatable bonds is 4. The molecule has 0 bridgehead atoms. The van der Waals surface area contributed by atoms with Crippen LogP contribution in [-0.2, 0) is 11.8 Å². The molecule has 1 aromatic carbocycles. The van der Waals surface area contributed by atoms with E-state index in [2.05, 4.69) is 31.2 Å². The van der Waals surface area contributed by atoms with E-state index in [9.17, 15) is 5.11 Å². The van der Waals surface area contributed by atoms with Crippen molar-refractivity contribution >= 4 is 0 Å². The van der Waals surface area contributed by atoms with Gasteiger partial charge in [0.2, 0.25) is 0 Å². The Morgan fingerprint density at radius 3 is 2.56 bits per heavy atom. The minimum Gasteiger partial charge on any atom is -0.393 e. The van der Waals surface area contributed by atoms with E-state index in [1.807, 2.05) is 6.92 Å². The predicted molar refractivity (Wildman–Crippen MR) is 66.4 cm³/mol. The molecule has 1 fully saturated rings. The zero-order chi connectivity index (χ0) is 11.8. The monoisotopic (exact) mass is 219 g/mol. The van der Waals surface area contributed by atoms with Crippen molar-refractivity contribution in [3.63, 3.8) is 0 Å². The molecule has 2 heteroatoms. The van der Waals surface area contributed by atoms with Crippen molar-refractivity contribution in [1.29, 1.82) is 0 Å². The molecule has 0 saturated heterocycles. The molecule has 2 rings (SSSR count). The maximum atomic E-state index is 9.40. The number of hydrogen-bond acceptors (Lipinski definition) is 2. The van der Waals surface area contributed by atoms with Crippen LogP contribution in [0.2, 0.25) is 0 Å². The van der Waals surface area contributed by atoms with Gasteiger partial charge in [0, 0.05) is 11.5 Å². The maximum Gasteiger partial charge on any atom is 0.0552 e. The van der Waals surface area contributed by atoms with Gasteiger partial charge in [-0.2, -0.15) is 0 Å². The van der Waals surface area contributed by atoms with Gasteiger partial charge in [-0.3, -0.25) is 0 Å². The van der Waals surface area contributed by atoms with Gasteiger partial charge in [-0.1, -0.05) is 24.3 Å². The van der Waals surface area contributed by atoms with Crippen LogP contribution in [-0.4, -0.2) is 17.3 Å². The van der Waals surface area contributed by atoms with Crippen molar-refractivity contribution in [2.75, 3.05) is 0 Å². The van der Waals surface area contributed by atoms with Crippen molar-refractivity contribution in [2.24, 2.45) is 5.73 Å². The van der Waals surface area contributed by atoms with Crippen LogP contribution in [0.4, 0.5) is 0 Å². The van der Waals surface area contributed by atoms with E-state index in [0.29, 0.717) is 0 Å². The summed E-state index contributed by atoms with van der Waals surface area (Å²) in [6, 6.07) is 8.75. The molecule has 1 aliphatic carbocycles. The zero-order valence-corrected chi connectivity index (χ0v) is 10.1. The summed E-state index contributed by atoms with van der Waals surface area (Å²) in [5, 5.41) is 9.40. The summed E-state index contributed by atoms with van der Waals surface area (Å²) in [4.78, 5) is 0. The standard InChI is InChI=1S/C14H21NO/c1-10(16)8-12-4-3-5-13(9-12)14(6-7-14)11(2)15/h3-5,9-11,16H,6-8,15H2,1-2H3. The Balaban J connectivity index is 2.23.